The zero-order valence-electron chi connectivity index (χ0n) is 10.2. The van der Waals surface area contributed by atoms with Crippen molar-refractivity contribution in [2.75, 3.05) is 33.4 Å². The molecule has 100 valence electrons. The fourth-order valence-electron chi connectivity index (χ4n) is 1.23. The van der Waals surface area contributed by atoms with Crippen LogP contribution in [0.15, 0.2) is 0 Å². The normalized spacial score (nSPS) is 11.9. The molecule has 0 rings (SSSR count). The van der Waals surface area contributed by atoms with Crippen LogP contribution in [0.25, 0.3) is 0 Å². The molecule has 7 nitrogen and oxygen atoms in total. The molecule has 0 fully saturated rings. The maximum atomic E-state index is 11.7. The van der Waals surface area contributed by atoms with E-state index in [0.717, 1.165) is 0 Å². The number of nitrogens with zero attached hydrogens (tertiary/aromatic N) is 1. The van der Waals surface area contributed by atoms with Gasteiger partial charge in [-0.1, -0.05) is 0 Å². The predicted molar refractivity (Wildman–Crippen MR) is 60.8 cm³/mol. The molecule has 2 amide bonds. The Balaban J connectivity index is 4.30. The van der Waals surface area contributed by atoms with Crippen LogP contribution in [0.1, 0.15) is 13.3 Å². The molecule has 7 heteroatoms. The van der Waals surface area contributed by atoms with Crippen LogP contribution in [0, 0.1) is 0 Å². The molecule has 0 aliphatic rings. The number of amides is 2. The number of carbonyl (C=O) groups excluding carboxylic acids is 1. The minimum Gasteiger partial charge on any atom is -0.480 e. The third-order valence-electron chi connectivity index (χ3n) is 2.25. The monoisotopic (exact) mass is 248 g/mol. The predicted octanol–water partition coefficient (Wildman–Crippen LogP) is -0.500. The first-order valence-corrected chi connectivity index (χ1v) is 5.44. The Morgan fingerprint density at radius 1 is 1.47 bits per heavy atom. The molecular weight excluding hydrogens is 228 g/mol. The van der Waals surface area contributed by atoms with E-state index in [4.69, 9.17) is 14.9 Å². The van der Waals surface area contributed by atoms with E-state index in [-0.39, 0.29) is 13.0 Å². The van der Waals surface area contributed by atoms with Crippen molar-refractivity contribution in [2.24, 2.45) is 0 Å². The molecule has 0 aliphatic heterocycles. The molecule has 3 N–H and O–H groups in total. The van der Waals surface area contributed by atoms with Crippen LogP contribution in [-0.2, 0) is 9.53 Å². The summed E-state index contributed by atoms with van der Waals surface area (Å²) in [5, 5.41) is 19.9. The molecule has 0 aromatic carbocycles. The Bertz CT molecular complexity index is 247. The number of nitrogens with one attached hydrogen (secondary N) is 1. The minimum atomic E-state index is -1.16. The topological polar surface area (TPSA) is 99.1 Å². The van der Waals surface area contributed by atoms with E-state index in [1.807, 2.05) is 0 Å². The van der Waals surface area contributed by atoms with E-state index >= 15 is 0 Å². The maximum absolute atomic E-state index is 11.7. The summed E-state index contributed by atoms with van der Waals surface area (Å²) in [5.74, 6) is -1.16. The maximum Gasteiger partial charge on any atom is 0.326 e. The van der Waals surface area contributed by atoms with Crippen LogP contribution < -0.4 is 5.32 Å². The molecular formula is C10H20N2O5. The number of ether oxygens (including phenoxy) is 1. The average molecular weight is 248 g/mol. The Morgan fingerprint density at radius 3 is 2.53 bits per heavy atom. The molecule has 0 spiro atoms. The van der Waals surface area contributed by atoms with E-state index in [9.17, 15) is 9.59 Å². The summed E-state index contributed by atoms with van der Waals surface area (Å²) in [7, 11) is 1.53. The highest BCUT2D eigenvalue weighted by Gasteiger charge is 2.21. The van der Waals surface area contributed by atoms with Gasteiger partial charge in [-0.05, 0) is 6.92 Å². The molecule has 0 aromatic heterocycles. The van der Waals surface area contributed by atoms with Crippen LogP contribution >= 0.6 is 0 Å². The number of aliphatic carboxylic acids is 1. The van der Waals surface area contributed by atoms with E-state index in [2.05, 4.69) is 5.32 Å². The summed E-state index contributed by atoms with van der Waals surface area (Å²) in [6, 6.07) is -1.53. The zero-order chi connectivity index (χ0) is 13.3. The molecule has 0 saturated carbocycles. The Kier molecular flexibility index (Phi) is 8.08. The fraction of sp³-hybridized carbons (Fsp3) is 0.800. The molecule has 0 bridgehead atoms. The van der Waals surface area contributed by atoms with E-state index < -0.39 is 18.0 Å². The summed E-state index contributed by atoms with van der Waals surface area (Å²) in [5.41, 5.74) is 0. The smallest absolute Gasteiger partial charge is 0.326 e. The van der Waals surface area contributed by atoms with Gasteiger partial charge in [-0.15, -0.1) is 0 Å². The summed E-state index contributed by atoms with van der Waals surface area (Å²) >= 11 is 0. The van der Waals surface area contributed by atoms with Gasteiger partial charge in [-0.3, -0.25) is 0 Å². The first-order chi connectivity index (χ1) is 8.06. The van der Waals surface area contributed by atoms with Crippen molar-refractivity contribution in [1.29, 1.82) is 0 Å². The highest BCUT2D eigenvalue weighted by Crippen LogP contribution is 1.96. The van der Waals surface area contributed by atoms with Crippen LogP contribution in [0.2, 0.25) is 0 Å². The van der Waals surface area contributed by atoms with Gasteiger partial charge in [0.05, 0.1) is 6.61 Å². The Labute approximate surface area is 100 Å². The number of rotatable bonds is 8. The lowest BCUT2D eigenvalue weighted by Crippen LogP contribution is -2.49. The second-order valence-corrected chi connectivity index (χ2v) is 3.43. The highest BCUT2D eigenvalue weighted by atomic mass is 16.5. The van der Waals surface area contributed by atoms with Gasteiger partial charge >= 0.3 is 12.0 Å². The SMILES string of the molecule is CCN(CCOC)C(=O)N[C@H](CCO)C(=O)O. The molecule has 0 radical (unpaired) electrons. The number of carboxylic acids is 1. The third kappa shape index (κ3) is 6.08. The molecule has 0 unspecified atom stereocenters. The number of hydrogen-bond donors (Lipinski definition) is 3. The lowest BCUT2D eigenvalue weighted by molar-refractivity contribution is -0.139. The minimum absolute atomic E-state index is 0.0110. The number of aliphatic hydroxyl groups is 1. The first kappa shape index (κ1) is 15.7. The number of hydrogen-bond acceptors (Lipinski definition) is 4. The van der Waals surface area contributed by atoms with Crippen molar-refractivity contribution in [3.05, 3.63) is 0 Å². The lowest BCUT2D eigenvalue weighted by atomic mass is 10.2. The van der Waals surface area contributed by atoms with E-state index in [1.54, 1.807) is 6.92 Å². The van der Waals surface area contributed by atoms with Gasteiger partial charge < -0.3 is 25.2 Å². The van der Waals surface area contributed by atoms with Gasteiger partial charge in [0.1, 0.15) is 6.04 Å². The molecule has 0 heterocycles. The number of urea groups is 1. The number of methoxy groups -OCH3 is 1. The summed E-state index contributed by atoms with van der Waals surface area (Å²) < 4.78 is 4.85. The fourth-order valence-corrected chi connectivity index (χ4v) is 1.23. The third-order valence-corrected chi connectivity index (χ3v) is 2.25. The highest BCUT2D eigenvalue weighted by molar-refractivity contribution is 5.82. The first-order valence-electron chi connectivity index (χ1n) is 5.44. The number of aliphatic hydroxyl groups excluding tert-OH is 1. The molecule has 0 aromatic rings. The summed E-state index contributed by atoms with van der Waals surface area (Å²) in [4.78, 5) is 23.9. The van der Waals surface area contributed by atoms with Crippen LogP contribution in [-0.4, -0.2) is 66.6 Å². The van der Waals surface area contributed by atoms with Gasteiger partial charge in [0.2, 0.25) is 0 Å². The van der Waals surface area contributed by atoms with Crippen LogP contribution in [0.3, 0.4) is 0 Å². The number of likely N-dealkylation sites (N-methyl/N-ethyl adjacent to an activating group) is 1. The van der Waals surface area contributed by atoms with Crippen molar-refractivity contribution in [1.82, 2.24) is 10.2 Å². The van der Waals surface area contributed by atoms with Crippen molar-refractivity contribution >= 4 is 12.0 Å². The van der Waals surface area contributed by atoms with Gasteiger partial charge in [-0.25, -0.2) is 9.59 Å². The van der Waals surface area contributed by atoms with Crippen molar-refractivity contribution < 1.29 is 24.5 Å². The number of carboxylic acid groups (broad SMARTS) is 1. The molecule has 1 atom stereocenters. The molecule has 17 heavy (non-hydrogen) atoms. The summed E-state index contributed by atoms with van der Waals surface area (Å²) in [6.07, 6.45) is -0.0110. The standard InChI is InChI=1S/C10H20N2O5/c1-3-12(5-7-17-2)10(16)11-8(4-6-13)9(14)15/h8,13H,3-7H2,1-2H3,(H,11,16)(H,14,15)/t8-/m1/s1. The lowest BCUT2D eigenvalue weighted by Gasteiger charge is -2.23. The van der Waals surface area contributed by atoms with E-state index in [0.29, 0.717) is 19.7 Å². The van der Waals surface area contributed by atoms with Crippen LogP contribution in [0.5, 0.6) is 0 Å². The van der Waals surface area contributed by atoms with Gasteiger partial charge in [0.15, 0.2) is 0 Å². The van der Waals surface area contributed by atoms with Gasteiger partial charge in [0.25, 0.3) is 0 Å². The van der Waals surface area contributed by atoms with Crippen LogP contribution in [0.4, 0.5) is 4.79 Å². The van der Waals surface area contributed by atoms with Gasteiger partial charge in [-0.2, -0.15) is 0 Å². The van der Waals surface area contributed by atoms with Crippen molar-refractivity contribution in [3.63, 3.8) is 0 Å². The second kappa shape index (κ2) is 8.77. The quantitative estimate of drug-likeness (QED) is 0.538. The van der Waals surface area contributed by atoms with E-state index in [1.165, 1.54) is 12.0 Å². The van der Waals surface area contributed by atoms with Crippen molar-refractivity contribution in [3.8, 4) is 0 Å². The van der Waals surface area contributed by atoms with Gasteiger partial charge in [0, 0.05) is 33.2 Å². The Hall–Kier alpha value is -1.34. The van der Waals surface area contributed by atoms with Crippen molar-refractivity contribution in [2.45, 2.75) is 19.4 Å². The molecule has 0 aliphatic carbocycles. The second-order valence-electron chi connectivity index (χ2n) is 3.43. The Morgan fingerprint density at radius 2 is 2.12 bits per heavy atom. The zero-order valence-corrected chi connectivity index (χ0v) is 10.2. The summed E-state index contributed by atoms with van der Waals surface area (Å²) in [6.45, 7) is 2.74. The molecule has 0 saturated heterocycles. The average Bonchev–Trinajstić information content (AvgIpc) is 2.29. The largest absolute Gasteiger partial charge is 0.480 e. The number of carbonyl (C=O) groups is 2.